The number of benzene rings is 2. The second kappa shape index (κ2) is 7.78. The highest BCUT2D eigenvalue weighted by Gasteiger charge is 2.27. The van der Waals surface area contributed by atoms with Crippen LogP contribution in [0.4, 0.5) is 20.8 Å². The van der Waals surface area contributed by atoms with Gasteiger partial charge in [-0.15, -0.1) is 0 Å². The molecule has 30 heavy (non-hydrogen) atoms. The number of amides is 1. The maximum absolute atomic E-state index is 13.4. The van der Waals surface area contributed by atoms with Crippen LogP contribution < -0.4 is 5.32 Å². The molecular formula is C21H19FN6O2. The number of anilines is 2. The Morgan fingerprint density at radius 2 is 1.90 bits per heavy atom. The minimum atomic E-state index is -1.15. The third kappa shape index (κ3) is 3.77. The van der Waals surface area contributed by atoms with Gasteiger partial charge in [-0.25, -0.2) is 19.2 Å². The van der Waals surface area contributed by atoms with Gasteiger partial charge in [0.25, 0.3) is 0 Å². The highest BCUT2D eigenvalue weighted by Crippen LogP contribution is 2.30. The monoisotopic (exact) mass is 406 g/mol. The zero-order chi connectivity index (χ0) is 21.3. The summed E-state index contributed by atoms with van der Waals surface area (Å²) in [5, 5.41) is 20.6. The lowest BCUT2D eigenvalue weighted by Crippen LogP contribution is -2.32. The number of aromatic amines is 1. The van der Waals surface area contributed by atoms with Crippen molar-refractivity contribution in [2.45, 2.75) is 13.0 Å². The number of rotatable bonds is 5. The number of halogens is 1. The van der Waals surface area contributed by atoms with E-state index < -0.39 is 18.0 Å². The maximum Gasteiger partial charge on any atom is 0.407 e. The van der Waals surface area contributed by atoms with E-state index in [0.29, 0.717) is 22.7 Å². The van der Waals surface area contributed by atoms with E-state index in [9.17, 15) is 14.3 Å². The van der Waals surface area contributed by atoms with Crippen molar-refractivity contribution in [2.24, 2.45) is 0 Å². The molecule has 2 heterocycles. The fourth-order valence-corrected chi connectivity index (χ4v) is 3.22. The third-order valence-electron chi connectivity index (χ3n) is 4.69. The van der Waals surface area contributed by atoms with Crippen molar-refractivity contribution >= 4 is 28.6 Å². The summed E-state index contributed by atoms with van der Waals surface area (Å²) in [5.41, 5.74) is 2.08. The summed E-state index contributed by atoms with van der Waals surface area (Å²) >= 11 is 0. The van der Waals surface area contributed by atoms with E-state index in [4.69, 9.17) is 0 Å². The van der Waals surface area contributed by atoms with Gasteiger partial charge < -0.3 is 10.4 Å². The average molecular weight is 406 g/mol. The van der Waals surface area contributed by atoms with Gasteiger partial charge in [0.15, 0.2) is 11.6 Å². The number of fused-ring (bicyclic) bond motifs is 1. The Morgan fingerprint density at radius 3 is 2.57 bits per heavy atom. The predicted molar refractivity (Wildman–Crippen MR) is 110 cm³/mol. The van der Waals surface area contributed by atoms with Crippen molar-refractivity contribution in [2.75, 3.05) is 12.4 Å². The highest BCUT2D eigenvalue weighted by molar-refractivity contribution is 5.90. The summed E-state index contributed by atoms with van der Waals surface area (Å²) in [7, 11) is 1.43. The number of carbonyl (C=O) groups is 1. The fraction of sp³-hybridized carbons (Fsp3) is 0.143. The topological polar surface area (TPSA) is 107 Å². The van der Waals surface area contributed by atoms with Gasteiger partial charge >= 0.3 is 6.09 Å². The Hall–Kier alpha value is -4.01. The molecule has 9 heteroatoms. The number of H-pyrrole nitrogens is 1. The van der Waals surface area contributed by atoms with Gasteiger partial charge in [0, 0.05) is 24.2 Å². The van der Waals surface area contributed by atoms with Gasteiger partial charge in [-0.3, -0.25) is 10.00 Å². The number of para-hydroxylation sites is 1. The van der Waals surface area contributed by atoms with E-state index in [0.717, 1.165) is 16.0 Å². The summed E-state index contributed by atoms with van der Waals surface area (Å²) in [6, 6.07) is 14.0. The molecule has 4 aromatic rings. The van der Waals surface area contributed by atoms with Gasteiger partial charge in [0.2, 0.25) is 0 Å². The van der Waals surface area contributed by atoms with Crippen LogP contribution in [0.25, 0.3) is 10.9 Å². The molecule has 0 aliphatic carbocycles. The number of aromatic nitrogens is 4. The minimum Gasteiger partial charge on any atom is -0.465 e. The van der Waals surface area contributed by atoms with Crippen LogP contribution in [0.3, 0.4) is 0 Å². The second-order valence-electron chi connectivity index (χ2n) is 6.86. The number of nitrogens with one attached hydrogen (secondary N) is 2. The third-order valence-corrected chi connectivity index (χ3v) is 4.69. The molecule has 0 spiro atoms. The normalized spacial score (nSPS) is 12.0. The summed E-state index contributed by atoms with van der Waals surface area (Å²) in [4.78, 5) is 22.1. The Bertz CT molecular complexity index is 1210. The minimum absolute atomic E-state index is 0.264. The van der Waals surface area contributed by atoms with Gasteiger partial charge in [0.1, 0.15) is 17.7 Å². The van der Waals surface area contributed by atoms with Crippen molar-refractivity contribution in [3.63, 3.8) is 0 Å². The van der Waals surface area contributed by atoms with E-state index in [1.165, 1.54) is 31.3 Å². The quantitative estimate of drug-likeness (QED) is 0.458. The number of nitrogens with zero attached hydrogens (tertiary/aromatic N) is 4. The Labute approximate surface area is 171 Å². The first-order valence-corrected chi connectivity index (χ1v) is 9.19. The molecule has 0 saturated heterocycles. The van der Waals surface area contributed by atoms with Crippen LogP contribution in [0.1, 0.15) is 23.1 Å². The van der Waals surface area contributed by atoms with Crippen LogP contribution in [0.2, 0.25) is 0 Å². The van der Waals surface area contributed by atoms with Gasteiger partial charge in [0.05, 0.1) is 5.52 Å². The summed E-state index contributed by atoms with van der Waals surface area (Å²) in [6.07, 6.45) is -1.15. The molecule has 0 aliphatic rings. The van der Waals surface area contributed by atoms with Crippen LogP contribution in [-0.2, 0) is 0 Å². The Balaban J connectivity index is 1.88. The van der Waals surface area contributed by atoms with Crippen LogP contribution in [-0.4, -0.2) is 43.3 Å². The molecule has 0 saturated carbocycles. The number of hydrogen-bond donors (Lipinski definition) is 3. The molecule has 8 nitrogen and oxygen atoms in total. The predicted octanol–water partition coefficient (Wildman–Crippen LogP) is 4.24. The molecule has 3 N–H and O–H groups in total. The van der Waals surface area contributed by atoms with Crippen LogP contribution in [0.15, 0.2) is 54.6 Å². The van der Waals surface area contributed by atoms with Gasteiger partial charge in [-0.05, 0) is 36.8 Å². The summed E-state index contributed by atoms with van der Waals surface area (Å²) < 4.78 is 13.4. The van der Waals surface area contributed by atoms with Crippen molar-refractivity contribution < 1.29 is 14.3 Å². The molecule has 1 amide bonds. The molecule has 0 radical (unpaired) electrons. The van der Waals surface area contributed by atoms with E-state index in [1.54, 1.807) is 0 Å². The Kier molecular flexibility index (Phi) is 5.01. The van der Waals surface area contributed by atoms with Crippen molar-refractivity contribution in [3.8, 4) is 0 Å². The SMILES string of the molecule is Cc1cc(Nc2nc(C(c3ccc(F)cc3)N(C)C(=O)O)nc3ccccc23)n[nH]1. The first-order chi connectivity index (χ1) is 14.4. The van der Waals surface area contributed by atoms with Crippen LogP contribution in [0.5, 0.6) is 0 Å². The molecule has 0 aliphatic heterocycles. The maximum atomic E-state index is 13.4. The van der Waals surface area contributed by atoms with Crippen LogP contribution >= 0.6 is 0 Å². The smallest absolute Gasteiger partial charge is 0.407 e. The highest BCUT2D eigenvalue weighted by atomic mass is 19.1. The standard InChI is InChI=1S/C21H19FN6O2/c1-12-11-17(27-26-12)24-19-15-5-3-4-6-16(15)23-20(25-19)18(28(2)21(29)30)13-7-9-14(22)10-8-13/h3-11,18H,1-2H3,(H,29,30)(H2,23,24,25,26,27). The van der Waals surface area contributed by atoms with Gasteiger partial charge in [-0.2, -0.15) is 5.10 Å². The van der Waals surface area contributed by atoms with E-state index in [-0.39, 0.29) is 5.82 Å². The van der Waals surface area contributed by atoms with E-state index in [2.05, 4.69) is 25.5 Å². The van der Waals surface area contributed by atoms with Crippen molar-refractivity contribution in [3.05, 3.63) is 77.5 Å². The molecule has 0 bridgehead atoms. The van der Waals surface area contributed by atoms with Gasteiger partial charge in [-0.1, -0.05) is 24.3 Å². The largest absolute Gasteiger partial charge is 0.465 e. The lowest BCUT2D eigenvalue weighted by Gasteiger charge is -2.25. The lowest BCUT2D eigenvalue weighted by atomic mass is 10.0. The molecule has 4 rings (SSSR count). The zero-order valence-corrected chi connectivity index (χ0v) is 16.3. The summed E-state index contributed by atoms with van der Waals surface area (Å²) in [5.74, 6) is 0.923. The first kappa shape index (κ1) is 19.3. The zero-order valence-electron chi connectivity index (χ0n) is 16.3. The molecule has 1 unspecified atom stereocenters. The molecular weight excluding hydrogens is 387 g/mol. The molecule has 0 fully saturated rings. The van der Waals surface area contributed by atoms with E-state index >= 15 is 0 Å². The number of aryl methyl sites for hydroxylation is 1. The fourth-order valence-electron chi connectivity index (χ4n) is 3.22. The lowest BCUT2D eigenvalue weighted by molar-refractivity contribution is 0.144. The molecule has 152 valence electrons. The Morgan fingerprint density at radius 1 is 1.17 bits per heavy atom. The molecule has 1 atom stereocenters. The average Bonchev–Trinajstić information content (AvgIpc) is 3.14. The number of hydrogen-bond acceptors (Lipinski definition) is 5. The molecule has 2 aromatic heterocycles. The second-order valence-corrected chi connectivity index (χ2v) is 6.86. The van der Waals surface area contributed by atoms with Crippen LogP contribution in [0, 0.1) is 12.7 Å². The van der Waals surface area contributed by atoms with Crippen molar-refractivity contribution in [1.29, 1.82) is 0 Å². The number of carboxylic acid groups (broad SMARTS) is 1. The molecule has 2 aromatic carbocycles. The van der Waals surface area contributed by atoms with E-state index in [1.807, 2.05) is 37.3 Å². The first-order valence-electron chi connectivity index (χ1n) is 9.19. The van der Waals surface area contributed by atoms with Crippen molar-refractivity contribution in [1.82, 2.24) is 25.1 Å². The summed E-state index contributed by atoms with van der Waals surface area (Å²) in [6.45, 7) is 1.88.